The molecule has 0 radical (unpaired) electrons. The summed E-state index contributed by atoms with van der Waals surface area (Å²) < 4.78 is 6.91. The first kappa shape index (κ1) is 13.9. The Hall–Kier alpha value is -2.11. The standard InChI is InChI=1S/C15H20N4O2/c1-15(2,3)21-14(20)16-9-12-17-13-8-11(10-4-5-10)6-7-19(13)18-12/h6-8,10H,4-5,9H2,1-3H3,(H,16,20). The maximum Gasteiger partial charge on any atom is 0.408 e. The Labute approximate surface area is 123 Å². The minimum atomic E-state index is -0.504. The molecule has 1 N–H and O–H groups in total. The van der Waals surface area contributed by atoms with E-state index in [9.17, 15) is 4.79 Å². The van der Waals surface area contributed by atoms with E-state index in [0.29, 0.717) is 11.7 Å². The number of carbonyl (C=O) groups excluding carboxylic acids is 1. The number of aromatic nitrogens is 3. The normalized spacial score (nSPS) is 15.2. The molecule has 2 aromatic heterocycles. The molecule has 1 aliphatic carbocycles. The zero-order chi connectivity index (χ0) is 15.0. The van der Waals surface area contributed by atoms with Gasteiger partial charge in [0.2, 0.25) is 0 Å². The van der Waals surface area contributed by atoms with Gasteiger partial charge < -0.3 is 10.1 Å². The van der Waals surface area contributed by atoms with Crippen LogP contribution in [0.15, 0.2) is 18.3 Å². The molecule has 2 heterocycles. The summed E-state index contributed by atoms with van der Waals surface area (Å²) in [6, 6.07) is 4.16. The molecule has 1 amide bonds. The Morgan fingerprint density at radius 2 is 2.24 bits per heavy atom. The van der Waals surface area contributed by atoms with Crippen LogP contribution in [-0.4, -0.2) is 26.3 Å². The number of ether oxygens (including phenoxy) is 1. The highest BCUT2D eigenvalue weighted by Crippen LogP contribution is 2.40. The van der Waals surface area contributed by atoms with Crippen molar-refractivity contribution >= 4 is 11.7 Å². The Balaban J connectivity index is 1.65. The van der Waals surface area contributed by atoms with Gasteiger partial charge in [-0.25, -0.2) is 14.3 Å². The third kappa shape index (κ3) is 3.51. The van der Waals surface area contributed by atoms with E-state index < -0.39 is 11.7 Å². The molecule has 6 heteroatoms. The molecule has 6 nitrogen and oxygen atoms in total. The first-order chi connectivity index (χ1) is 9.90. The lowest BCUT2D eigenvalue weighted by Gasteiger charge is -2.19. The SMILES string of the molecule is CC(C)(C)OC(=O)NCc1nc2cc(C3CC3)ccn2n1. The predicted molar refractivity (Wildman–Crippen MR) is 78.0 cm³/mol. The summed E-state index contributed by atoms with van der Waals surface area (Å²) in [5.74, 6) is 1.27. The molecule has 0 spiro atoms. The van der Waals surface area contributed by atoms with Crippen molar-refractivity contribution in [2.75, 3.05) is 0 Å². The van der Waals surface area contributed by atoms with Crippen molar-refractivity contribution in [2.24, 2.45) is 0 Å². The number of carbonyl (C=O) groups is 1. The molecule has 0 bridgehead atoms. The third-order valence-electron chi connectivity index (χ3n) is 3.24. The minimum absolute atomic E-state index is 0.259. The number of alkyl carbamates (subject to hydrolysis) is 1. The number of rotatable bonds is 3. The van der Waals surface area contributed by atoms with Gasteiger partial charge in [0.1, 0.15) is 5.60 Å². The molecule has 1 fully saturated rings. The van der Waals surface area contributed by atoms with Gasteiger partial charge in [0.05, 0.1) is 6.54 Å². The number of nitrogens with one attached hydrogen (secondary N) is 1. The Morgan fingerprint density at radius 1 is 1.48 bits per heavy atom. The highest BCUT2D eigenvalue weighted by molar-refractivity contribution is 5.67. The van der Waals surface area contributed by atoms with E-state index >= 15 is 0 Å². The molecule has 0 atom stereocenters. The monoisotopic (exact) mass is 288 g/mol. The van der Waals surface area contributed by atoms with Crippen LogP contribution >= 0.6 is 0 Å². The Bertz CT molecular complexity index is 668. The van der Waals surface area contributed by atoms with Gasteiger partial charge >= 0.3 is 6.09 Å². The number of fused-ring (bicyclic) bond motifs is 1. The van der Waals surface area contributed by atoms with E-state index in [-0.39, 0.29) is 6.54 Å². The van der Waals surface area contributed by atoms with Crippen molar-refractivity contribution < 1.29 is 9.53 Å². The lowest BCUT2D eigenvalue weighted by atomic mass is 10.2. The van der Waals surface area contributed by atoms with Gasteiger partial charge in [0.15, 0.2) is 11.5 Å². The summed E-state index contributed by atoms with van der Waals surface area (Å²) >= 11 is 0. The van der Waals surface area contributed by atoms with Crippen molar-refractivity contribution in [2.45, 2.75) is 51.7 Å². The van der Waals surface area contributed by atoms with Crippen molar-refractivity contribution in [1.82, 2.24) is 19.9 Å². The molecular weight excluding hydrogens is 268 g/mol. The molecule has 21 heavy (non-hydrogen) atoms. The topological polar surface area (TPSA) is 68.5 Å². The van der Waals surface area contributed by atoms with Crippen LogP contribution in [0.5, 0.6) is 0 Å². The number of hydrogen-bond acceptors (Lipinski definition) is 4. The van der Waals surface area contributed by atoms with Crippen LogP contribution in [0.25, 0.3) is 5.65 Å². The average Bonchev–Trinajstić information content (AvgIpc) is 3.14. The van der Waals surface area contributed by atoms with Crippen LogP contribution in [0.2, 0.25) is 0 Å². The van der Waals surface area contributed by atoms with Crippen LogP contribution in [0.3, 0.4) is 0 Å². The van der Waals surface area contributed by atoms with E-state index in [1.165, 1.54) is 18.4 Å². The van der Waals surface area contributed by atoms with Crippen molar-refractivity contribution in [3.63, 3.8) is 0 Å². The zero-order valence-electron chi connectivity index (χ0n) is 12.6. The molecule has 0 aromatic carbocycles. The smallest absolute Gasteiger partial charge is 0.408 e. The largest absolute Gasteiger partial charge is 0.444 e. The summed E-state index contributed by atoms with van der Waals surface area (Å²) in [6.45, 7) is 5.74. The van der Waals surface area contributed by atoms with Crippen LogP contribution in [0.4, 0.5) is 4.79 Å². The van der Waals surface area contributed by atoms with Crippen molar-refractivity contribution in [1.29, 1.82) is 0 Å². The Morgan fingerprint density at radius 3 is 2.90 bits per heavy atom. The van der Waals surface area contributed by atoms with E-state index in [0.717, 1.165) is 5.65 Å². The molecule has 0 saturated heterocycles. The van der Waals surface area contributed by atoms with Crippen molar-refractivity contribution in [3.8, 4) is 0 Å². The van der Waals surface area contributed by atoms with Crippen LogP contribution < -0.4 is 5.32 Å². The minimum Gasteiger partial charge on any atom is -0.444 e. The molecule has 3 rings (SSSR count). The summed E-state index contributed by atoms with van der Waals surface area (Å²) in [5, 5.41) is 7.00. The second kappa shape index (κ2) is 5.02. The first-order valence-corrected chi connectivity index (χ1v) is 7.23. The second-order valence-corrected chi connectivity index (χ2v) is 6.42. The van der Waals surface area contributed by atoms with Gasteiger partial charge in [0.25, 0.3) is 0 Å². The van der Waals surface area contributed by atoms with Gasteiger partial charge in [-0.15, -0.1) is 5.10 Å². The van der Waals surface area contributed by atoms with Gasteiger partial charge in [0, 0.05) is 6.20 Å². The highest BCUT2D eigenvalue weighted by Gasteiger charge is 2.24. The number of pyridine rings is 1. The summed E-state index contributed by atoms with van der Waals surface area (Å²) in [4.78, 5) is 16.0. The third-order valence-corrected chi connectivity index (χ3v) is 3.24. The number of nitrogens with zero attached hydrogens (tertiary/aromatic N) is 3. The molecule has 2 aromatic rings. The average molecular weight is 288 g/mol. The second-order valence-electron chi connectivity index (χ2n) is 6.42. The molecule has 0 unspecified atom stereocenters. The Kier molecular flexibility index (Phi) is 3.31. The molecular formula is C15H20N4O2. The van der Waals surface area contributed by atoms with Gasteiger partial charge in [-0.05, 0) is 57.2 Å². The fourth-order valence-electron chi connectivity index (χ4n) is 2.15. The van der Waals surface area contributed by atoms with Gasteiger partial charge in [-0.1, -0.05) is 0 Å². The van der Waals surface area contributed by atoms with Gasteiger partial charge in [-0.3, -0.25) is 0 Å². The molecule has 0 aliphatic heterocycles. The van der Waals surface area contributed by atoms with Gasteiger partial charge in [-0.2, -0.15) is 0 Å². The zero-order valence-corrected chi connectivity index (χ0v) is 12.6. The lowest BCUT2D eigenvalue weighted by Crippen LogP contribution is -2.32. The van der Waals surface area contributed by atoms with E-state index in [4.69, 9.17) is 4.74 Å². The predicted octanol–water partition coefficient (Wildman–Crippen LogP) is 2.63. The highest BCUT2D eigenvalue weighted by atomic mass is 16.6. The maximum atomic E-state index is 11.6. The number of hydrogen-bond donors (Lipinski definition) is 1. The van der Waals surface area contributed by atoms with Crippen molar-refractivity contribution in [3.05, 3.63) is 29.7 Å². The summed E-state index contributed by atoms with van der Waals surface area (Å²) in [7, 11) is 0. The summed E-state index contributed by atoms with van der Waals surface area (Å²) in [5.41, 5.74) is 1.64. The quantitative estimate of drug-likeness (QED) is 0.942. The van der Waals surface area contributed by atoms with E-state index in [1.54, 1.807) is 4.52 Å². The molecule has 112 valence electrons. The van der Waals surface area contributed by atoms with Crippen LogP contribution in [0.1, 0.15) is 50.9 Å². The van der Waals surface area contributed by atoms with E-state index in [1.807, 2.05) is 27.0 Å². The fourth-order valence-corrected chi connectivity index (χ4v) is 2.15. The van der Waals surface area contributed by atoms with E-state index in [2.05, 4.69) is 27.5 Å². The fraction of sp³-hybridized carbons (Fsp3) is 0.533. The van der Waals surface area contributed by atoms with Crippen LogP contribution in [0, 0.1) is 0 Å². The van der Waals surface area contributed by atoms with Crippen LogP contribution in [-0.2, 0) is 11.3 Å². The maximum absolute atomic E-state index is 11.6. The number of amides is 1. The first-order valence-electron chi connectivity index (χ1n) is 7.23. The summed E-state index contributed by atoms with van der Waals surface area (Å²) in [6.07, 6.45) is 3.99. The molecule has 1 aliphatic rings. The lowest BCUT2D eigenvalue weighted by molar-refractivity contribution is 0.0522. The molecule has 1 saturated carbocycles.